The molecule has 0 radical (unpaired) electrons. The minimum absolute atomic E-state index is 0.000980. The Morgan fingerprint density at radius 1 is 1.08 bits per heavy atom. The number of nitrogens with two attached hydrogens (primary N) is 1. The van der Waals surface area contributed by atoms with Crippen molar-refractivity contribution in [2.45, 2.75) is 71.1 Å². The number of piperidine rings is 2. The molecular formula is C38H47FN6O3. The number of hydrogen-bond donors (Lipinski definition) is 1. The lowest BCUT2D eigenvalue weighted by atomic mass is 10.00. The second-order valence-corrected chi connectivity index (χ2v) is 13.8. The highest BCUT2D eigenvalue weighted by Gasteiger charge is 2.32. The number of rotatable bonds is 8. The monoisotopic (exact) mass is 654 g/mol. The summed E-state index contributed by atoms with van der Waals surface area (Å²) in [5, 5.41) is 0.385. The van der Waals surface area contributed by atoms with E-state index < -0.39 is 0 Å². The van der Waals surface area contributed by atoms with Crippen LogP contribution >= 0.6 is 0 Å². The molecule has 2 N–H and O–H groups in total. The summed E-state index contributed by atoms with van der Waals surface area (Å²) in [5.74, 6) is 0.869. The summed E-state index contributed by atoms with van der Waals surface area (Å²) in [6, 6.07) is 5.58. The third-order valence-corrected chi connectivity index (χ3v) is 10.5. The average molecular weight is 655 g/mol. The van der Waals surface area contributed by atoms with Crippen LogP contribution in [0.1, 0.15) is 63.1 Å². The van der Waals surface area contributed by atoms with Crippen LogP contribution in [0.2, 0.25) is 0 Å². The first-order chi connectivity index (χ1) is 23.3. The molecule has 254 valence electrons. The highest BCUT2D eigenvalue weighted by atomic mass is 19.1. The quantitative estimate of drug-likeness (QED) is 0.322. The van der Waals surface area contributed by atoms with Gasteiger partial charge < -0.3 is 29.6 Å². The Morgan fingerprint density at radius 3 is 2.71 bits per heavy atom. The summed E-state index contributed by atoms with van der Waals surface area (Å²) in [6.45, 7) is 9.00. The van der Waals surface area contributed by atoms with Crippen LogP contribution in [0.4, 0.5) is 10.1 Å². The molecule has 0 saturated carbocycles. The molecule has 2 saturated heterocycles. The number of allylic oxidation sites excluding steroid dienone is 4. The van der Waals surface area contributed by atoms with Gasteiger partial charge in [0.1, 0.15) is 12.3 Å². The van der Waals surface area contributed by atoms with Crippen LogP contribution in [-0.4, -0.2) is 65.3 Å². The Hall–Kier alpha value is -4.31. The van der Waals surface area contributed by atoms with E-state index in [0.29, 0.717) is 53.5 Å². The van der Waals surface area contributed by atoms with E-state index in [1.165, 1.54) is 6.07 Å². The van der Waals surface area contributed by atoms with Crippen molar-refractivity contribution in [1.29, 1.82) is 0 Å². The second-order valence-electron chi connectivity index (χ2n) is 13.8. The van der Waals surface area contributed by atoms with Gasteiger partial charge in [0.2, 0.25) is 5.88 Å². The largest absolute Gasteiger partial charge is 0.487 e. The number of likely N-dealkylation sites (tertiary alicyclic amines) is 1. The minimum atomic E-state index is -0.382. The molecular weight excluding hydrogens is 607 g/mol. The van der Waals surface area contributed by atoms with Crippen molar-refractivity contribution in [2.24, 2.45) is 11.7 Å². The maximum atomic E-state index is 16.0. The summed E-state index contributed by atoms with van der Waals surface area (Å²) < 4.78 is 29.8. The highest BCUT2D eigenvalue weighted by Crippen LogP contribution is 2.42. The van der Waals surface area contributed by atoms with Gasteiger partial charge in [-0.25, -0.2) is 9.37 Å². The number of nitrogens with zero attached hydrogens (tertiary/aromatic N) is 5. The van der Waals surface area contributed by atoms with Gasteiger partial charge in [0.25, 0.3) is 0 Å². The van der Waals surface area contributed by atoms with Gasteiger partial charge in [-0.2, -0.15) is 0 Å². The molecule has 3 atom stereocenters. The Balaban J connectivity index is 1.27. The molecule has 48 heavy (non-hydrogen) atoms. The fraction of sp³-hybridized carbons (Fsp3) is 0.474. The predicted molar refractivity (Wildman–Crippen MR) is 188 cm³/mol. The van der Waals surface area contributed by atoms with E-state index in [0.717, 1.165) is 75.2 Å². The maximum absolute atomic E-state index is 16.0. The van der Waals surface area contributed by atoms with Crippen LogP contribution in [0.3, 0.4) is 0 Å². The van der Waals surface area contributed by atoms with Gasteiger partial charge in [-0.05, 0) is 75.0 Å². The molecule has 2 aromatic heterocycles. The molecule has 10 heteroatoms. The van der Waals surface area contributed by atoms with Gasteiger partial charge in [0, 0.05) is 86.6 Å². The first-order valence-electron chi connectivity index (χ1n) is 17.4. The molecule has 3 aromatic rings. The number of anilines is 1. The van der Waals surface area contributed by atoms with E-state index in [1.54, 1.807) is 13.3 Å². The van der Waals surface area contributed by atoms with Crippen molar-refractivity contribution in [1.82, 2.24) is 19.4 Å². The maximum Gasteiger partial charge on any atom is 0.213 e. The van der Waals surface area contributed by atoms with Crippen LogP contribution in [0.25, 0.3) is 10.9 Å². The number of hydrogen-bond acceptors (Lipinski definition) is 8. The summed E-state index contributed by atoms with van der Waals surface area (Å²) in [4.78, 5) is 25.6. The molecule has 0 amide bonds. The highest BCUT2D eigenvalue weighted by molar-refractivity contribution is 5.92. The van der Waals surface area contributed by atoms with Gasteiger partial charge >= 0.3 is 0 Å². The van der Waals surface area contributed by atoms with Gasteiger partial charge in [0.15, 0.2) is 17.0 Å². The first kappa shape index (κ1) is 32.2. The zero-order valence-corrected chi connectivity index (χ0v) is 28.3. The third kappa shape index (κ3) is 6.30. The molecule has 3 aliphatic heterocycles. The summed E-state index contributed by atoms with van der Waals surface area (Å²) in [7, 11) is 1.62. The minimum Gasteiger partial charge on any atom is -0.487 e. The van der Waals surface area contributed by atoms with Crippen molar-refractivity contribution in [2.75, 3.05) is 44.8 Å². The second kappa shape index (κ2) is 13.7. The number of benzene rings is 1. The predicted octanol–water partition coefficient (Wildman–Crippen LogP) is 5.89. The van der Waals surface area contributed by atoms with Crippen molar-refractivity contribution in [3.8, 4) is 11.6 Å². The molecule has 2 fully saturated rings. The van der Waals surface area contributed by atoms with Crippen molar-refractivity contribution < 1.29 is 13.9 Å². The number of methoxy groups -OCH3 is 1. The first-order valence-corrected chi connectivity index (χ1v) is 17.4. The Labute approximate surface area is 282 Å². The molecule has 9 nitrogen and oxygen atoms in total. The van der Waals surface area contributed by atoms with E-state index in [1.807, 2.05) is 24.4 Å². The fourth-order valence-electron chi connectivity index (χ4n) is 7.66. The van der Waals surface area contributed by atoms with Gasteiger partial charge in [0.05, 0.1) is 24.1 Å². The van der Waals surface area contributed by atoms with Crippen LogP contribution in [0.5, 0.6) is 11.6 Å². The summed E-state index contributed by atoms with van der Waals surface area (Å²) in [5.41, 5.74) is 11.0. The molecule has 5 heterocycles. The number of aromatic nitrogens is 2. The topological polar surface area (TPSA) is 89.1 Å². The van der Waals surface area contributed by atoms with Crippen LogP contribution in [0.15, 0.2) is 71.1 Å². The van der Waals surface area contributed by atoms with Gasteiger partial charge in [-0.3, -0.25) is 9.69 Å². The molecule has 4 aliphatic rings. The molecule has 0 bridgehead atoms. The van der Waals surface area contributed by atoms with E-state index in [4.69, 9.17) is 15.2 Å². The van der Waals surface area contributed by atoms with E-state index in [-0.39, 0.29) is 29.2 Å². The molecule has 1 aromatic carbocycles. The molecule has 7 rings (SSSR count). The number of pyridine rings is 2. The lowest BCUT2D eigenvalue weighted by Crippen LogP contribution is -2.47. The number of ether oxygens (including phenoxy) is 2. The lowest BCUT2D eigenvalue weighted by molar-refractivity contribution is 0.104. The third-order valence-electron chi connectivity index (χ3n) is 10.5. The van der Waals surface area contributed by atoms with Crippen LogP contribution < -0.4 is 25.5 Å². The van der Waals surface area contributed by atoms with Gasteiger partial charge in [-0.15, -0.1) is 0 Å². The zero-order chi connectivity index (χ0) is 33.4. The van der Waals surface area contributed by atoms with Gasteiger partial charge in [-0.1, -0.05) is 13.0 Å². The van der Waals surface area contributed by atoms with E-state index >= 15 is 4.39 Å². The van der Waals surface area contributed by atoms with Crippen molar-refractivity contribution in [3.63, 3.8) is 0 Å². The Morgan fingerprint density at radius 2 is 1.90 bits per heavy atom. The normalized spacial score (nSPS) is 22.7. The Kier molecular flexibility index (Phi) is 9.18. The smallest absolute Gasteiger partial charge is 0.213 e. The summed E-state index contributed by atoms with van der Waals surface area (Å²) in [6.07, 6.45) is 17.4. The lowest BCUT2D eigenvalue weighted by Gasteiger charge is -2.41. The van der Waals surface area contributed by atoms with Crippen LogP contribution in [-0.2, 0) is 13.1 Å². The zero-order valence-electron chi connectivity index (χ0n) is 28.3. The van der Waals surface area contributed by atoms with Crippen LogP contribution in [0, 0.1) is 11.7 Å². The number of halogens is 1. The molecule has 0 spiro atoms. The van der Waals surface area contributed by atoms with E-state index in [2.05, 4.69) is 56.3 Å². The SMILES string of the molecule is COc1cc(CN(Cc2cn3c4c(c(N5CCCCC5)c(F)cc4c2=O)OCC3C)[C@H]2CCCN(C3=CC=C(N)C(C)C=C3)C2)ccn1. The summed E-state index contributed by atoms with van der Waals surface area (Å²) >= 11 is 0. The van der Waals surface area contributed by atoms with Crippen molar-refractivity contribution >= 4 is 16.6 Å². The van der Waals surface area contributed by atoms with E-state index in [9.17, 15) is 4.79 Å². The van der Waals surface area contributed by atoms with Crippen molar-refractivity contribution in [3.05, 3.63) is 93.5 Å². The average Bonchev–Trinajstić information content (AvgIpc) is 3.28. The fourth-order valence-corrected chi connectivity index (χ4v) is 7.66. The molecule has 2 unspecified atom stereocenters. The standard InChI is InChI=1S/C38H47FN6O3/c1-25-9-10-29(11-12-33(25)40)43-17-7-8-30(23-43)44(20-27-13-14-41-34(18-27)47-3)21-28-22-45-26(2)24-48-38-35(45)31(37(28)46)19-32(39)36(38)42-15-5-4-6-16-42/h9-14,18-19,22,25-26,30H,4-8,15-17,20-21,23-24,40H2,1-3H3/t25?,26?,30-/m0/s1. The molecule has 1 aliphatic carbocycles. The Bertz CT molecular complexity index is 1830.